The number of aromatic nitrogens is 1. The predicted molar refractivity (Wildman–Crippen MR) is 122 cm³/mol. The summed E-state index contributed by atoms with van der Waals surface area (Å²) in [7, 11) is 1.99. The summed E-state index contributed by atoms with van der Waals surface area (Å²) in [5, 5.41) is 11.1. The molecule has 2 heterocycles. The van der Waals surface area contributed by atoms with Gasteiger partial charge in [-0.3, -0.25) is 4.90 Å². The lowest BCUT2D eigenvalue weighted by Gasteiger charge is -2.25. The first-order valence-electron chi connectivity index (χ1n) is 10.6. The number of aliphatic hydroxyl groups is 1. The van der Waals surface area contributed by atoms with E-state index in [2.05, 4.69) is 10.8 Å². The van der Waals surface area contributed by atoms with Crippen LogP contribution in [0.3, 0.4) is 0 Å². The highest BCUT2D eigenvalue weighted by Gasteiger charge is 2.38. The number of nitrogens with zero attached hydrogens (tertiary/aromatic N) is 2. The van der Waals surface area contributed by atoms with Crippen molar-refractivity contribution in [3.8, 4) is 5.75 Å². The molecule has 3 aromatic rings. The molecule has 1 aliphatic rings. The fraction of sp³-hybridized carbons (Fsp3) is 0.400. The monoisotopic (exact) mass is 422 g/mol. The highest BCUT2D eigenvalue weighted by molar-refractivity contribution is 6.02. The number of ether oxygens (including phenoxy) is 2. The molecule has 0 bridgehead atoms. The average Bonchev–Trinajstić information content (AvgIpc) is 3.22. The highest BCUT2D eigenvalue weighted by atomic mass is 16.6. The third-order valence-electron chi connectivity index (χ3n) is 5.59. The van der Waals surface area contributed by atoms with E-state index in [1.165, 1.54) is 0 Å². The molecule has 1 N–H and O–H groups in total. The van der Waals surface area contributed by atoms with Crippen molar-refractivity contribution in [2.24, 2.45) is 7.05 Å². The van der Waals surface area contributed by atoms with E-state index in [1.54, 1.807) is 4.90 Å². The number of benzene rings is 2. The number of aryl methyl sites for hydroxylation is 2. The van der Waals surface area contributed by atoms with Gasteiger partial charge in [0.2, 0.25) is 0 Å². The topological polar surface area (TPSA) is 63.9 Å². The molecule has 1 atom stereocenters. The number of rotatable bonds is 4. The summed E-state index contributed by atoms with van der Waals surface area (Å²) in [6.45, 7) is 8.37. The van der Waals surface area contributed by atoms with Crippen LogP contribution in [0.15, 0.2) is 42.6 Å². The Morgan fingerprint density at radius 3 is 2.58 bits per heavy atom. The van der Waals surface area contributed by atoms with Gasteiger partial charge in [0.25, 0.3) is 0 Å². The first-order valence-corrected chi connectivity index (χ1v) is 10.6. The van der Waals surface area contributed by atoms with Crippen LogP contribution in [0.2, 0.25) is 0 Å². The summed E-state index contributed by atoms with van der Waals surface area (Å²) in [5.74, 6) is 0.537. The fourth-order valence-electron chi connectivity index (χ4n) is 4.35. The number of carbonyl (C=O) groups is 1. The van der Waals surface area contributed by atoms with Gasteiger partial charge in [-0.2, -0.15) is 0 Å². The number of carbonyl (C=O) groups excluding carboxylic acids is 1. The molecule has 0 spiro atoms. The van der Waals surface area contributed by atoms with Gasteiger partial charge >= 0.3 is 6.09 Å². The van der Waals surface area contributed by atoms with Gasteiger partial charge in [-0.15, -0.1) is 0 Å². The molecule has 2 aromatic carbocycles. The maximum atomic E-state index is 13.0. The molecular weight excluding hydrogens is 392 g/mol. The number of hydrogen-bond donors (Lipinski definition) is 1. The van der Waals surface area contributed by atoms with Gasteiger partial charge in [0.1, 0.15) is 18.0 Å². The molecule has 6 heteroatoms. The van der Waals surface area contributed by atoms with Gasteiger partial charge in [0.15, 0.2) is 0 Å². The lowest BCUT2D eigenvalue weighted by atomic mass is 9.96. The molecule has 0 saturated heterocycles. The van der Waals surface area contributed by atoms with Crippen molar-refractivity contribution < 1.29 is 19.4 Å². The van der Waals surface area contributed by atoms with E-state index >= 15 is 0 Å². The van der Waals surface area contributed by atoms with Gasteiger partial charge in [-0.05, 0) is 44.4 Å². The van der Waals surface area contributed by atoms with E-state index in [1.807, 2.05) is 71.1 Å². The number of anilines is 1. The summed E-state index contributed by atoms with van der Waals surface area (Å²) in [6.07, 6.45) is 1.65. The van der Waals surface area contributed by atoms with Crippen LogP contribution in [0.25, 0.3) is 10.9 Å². The number of fused-ring (bicyclic) bond motifs is 3. The van der Waals surface area contributed by atoms with Crippen LogP contribution < -0.4 is 9.64 Å². The van der Waals surface area contributed by atoms with Crippen molar-refractivity contribution in [2.75, 3.05) is 18.1 Å². The van der Waals surface area contributed by atoms with Crippen LogP contribution in [0.1, 0.15) is 43.4 Å². The molecule has 6 nitrogen and oxygen atoms in total. The Kier molecular flexibility index (Phi) is 5.43. The molecule has 0 fully saturated rings. The van der Waals surface area contributed by atoms with E-state index in [0.717, 1.165) is 33.3 Å². The van der Waals surface area contributed by atoms with Crippen molar-refractivity contribution in [2.45, 2.75) is 45.8 Å². The van der Waals surface area contributed by atoms with E-state index in [4.69, 9.17) is 9.47 Å². The minimum Gasteiger partial charge on any atom is -0.487 e. The Hall–Kier alpha value is -2.99. The first kappa shape index (κ1) is 21.2. The predicted octanol–water partition coefficient (Wildman–Crippen LogP) is 4.90. The van der Waals surface area contributed by atoms with E-state index in [-0.39, 0.29) is 12.5 Å². The summed E-state index contributed by atoms with van der Waals surface area (Å²) in [5.41, 5.74) is 4.25. The lowest BCUT2D eigenvalue weighted by molar-refractivity contribution is 0.0581. The zero-order valence-corrected chi connectivity index (χ0v) is 18.8. The Morgan fingerprint density at radius 1 is 1.23 bits per heavy atom. The standard InChI is InChI=1S/C25H30N2O4/c1-16-12-26(5)23-20(30-15-17-9-7-6-8-10-17)11-19-22(21(16)23)18(14-28)13-27(19)24(29)31-25(2,3)4/h6-12,18,28H,13-15H2,1-5H3/t18-/m0/s1. The van der Waals surface area contributed by atoms with Crippen LogP contribution in [0.5, 0.6) is 5.75 Å². The van der Waals surface area contributed by atoms with Gasteiger partial charge in [0.05, 0.1) is 17.8 Å². The molecular formula is C25H30N2O4. The van der Waals surface area contributed by atoms with Crippen LogP contribution in [0.4, 0.5) is 10.5 Å². The molecule has 1 aromatic heterocycles. The summed E-state index contributed by atoms with van der Waals surface area (Å²) < 4.78 is 14.0. The smallest absolute Gasteiger partial charge is 0.414 e. The molecule has 0 radical (unpaired) electrons. The van der Waals surface area contributed by atoms with Gasteiger partial charge in [-0.1, -0.05) is 30.3 Å². The largest absolute Gasteiger partial charge is 0.487 e. The molecule has 164 valence electrons. The molecule has 1 amide bonds. The van der Waals surface area contributed by atoms with Gasteiger partial charge in [0, 0.05) is 37.2 Å². The molecule has 4 rings (SSSR count). The summed E-state index contributed by atoms with van der Waals surface area (Å²) >= 11 is 0. The molecule has 0 aliphatic carbocycles. The maximum Gasteiger partial charge on any atom is 0.414 e. The molecule has 31 heavy (non-hydrogen) atoms. The van der Waals surface area contributed by atoms with E-state index in [0.29, 0.717) is 18.9 Å². The Labute approximate surface area is 183 Å². The Bertz CT molecular complexity index is 1110. The van der Waals surface area contributed by atoms with Crippen molar-refractivity contribution in [3.05, 3.63) is 59.3 Å². The fourth-order valence-corrected chi connectivity index (χ4v) is 4.35. The summed E-state index contributed by atoms with van der Waals surface area (Å²) in [4.78, 5) is 14.6. The number of amides is 1. The highest BCUT2D eigenvalue weighted by Crippen LogP contribution is 2.47. The second kappa shape index (κ2) is 7.93. The number of hydrogen-bond acceptors (Lipinski definition) is 4. The van der Waals surface area contributed by atoms with Gasteiger partial charge in [-0.25, -0.2) is 4.79 Å². The minimum absolute atomic E-state index is 0.0417. The van der Waals surface area contributed by atoms with Crippen molar-refractivity contribution >= 4 is 22.7 Å². The Morgan fingerprint density at radius 2 is 1.94 bits per heavy atom. The average molecular weight is 423 g/mol. The first-order chi connectivity index (χ1) is 14.7. The molecule has 0 unspecified atom stereocenters. The SMILES string of the molecule is Cc1cn(C)c2c(OCc3ccccc3)cc3c(c12)[C@H](CO)CN3C(=O)OC(C)(C)C. The van der Waals surface area contributed by atoms with Gasteiger partial charge < -0.3 is 19.1 Å². The van der Waals surface area contributed by atoms with Crippen molar-refractivity contribution in [1.82, 2.24) is 4.57 Å². The quantitative estimate of drug-likeness (QED) is 0.650. The zero-order chi connectivity index (χ0) is 22.3. The Balaban J connectivity index is 1.82. The number of aliphatic hydroxyl groups excluding tert-OH is 1. The van der Waals surface area contributed by atoms with Crippen molar-refractivity contribution in [1.29, 1.82) is 0 Å². The second-order valence-corrected chi connectivity index (χ2v) is 9.20. The third-order valence-corrected chi connectivity index (χ3v) is 5.59. The molecule has 0 saturated carbocycles. The van der Waals surface area contributed by atoms with Crippen LogP contribution in [0, 0.1) is 6.92 Å². The minimum atomic E-state index is -0.603. The van der Waals surface area contributed by atoms with Crippen molar-refractivity contribution in [3.63, 3.8) is 0 Å². The van der Waals surface area contributed by atoms with Crippen LogP contribution in [-0.4, -0.2) is 34.5 Å². The summed E-state index contributed by atoms with van der Waals surface area (Å²) in [6, 6.07) is 11.9. The van der Waals surface area contributed by atoms with E-state index in [9.17, 15) is 9.90 Å². The lowest BCUT2D eigenvalue weighted by Crippen LogP contribution is -2.36. The third kappa shape index (κ3) is 4.00. The second-order valence-electron chi connectivity index (χ2n) is 9.20. The maximum absolute atomic E-state index is 13.0. The van der Waals surface area contributed by atoms with E-state index < -0.39 is 11.7 Å². The normalized spacial score (nSPS) is 15.9. The van der Waals surface area contributed by atoms with Crippen LogP contribution in [-0.2, 0) is 18.4 Å². The zero-order valence-electron chi connectivity index (χ0n) is 18.8. The van der Waals surface area contributed by atoms with Crippen LogP contribution >= 0.6 is 0 Å². The molecule has 1 aliphatic heterocycles.